The molecule has 0 aliphatic heterocycles. The summed E-state index contributed by atoms with van der Waals surface area (Å²) in [5.74, 6) is -0.189. The first kappa shape index (κ1) is 12.1. The summed E-state index contributed by atoms with van der Waals surface area (Å²) in [5.41, 5.74) is 7.01. The number of halogens is 2. The van der Waals surface area contributed by atoms with Crippen LogP contribution >= 0.6 is 27.5 Å². The van der Waals surface area contributed by atoms with Gasteiger partial charge in [-0.3, -0.25) is 9.48 Å². The van der Waals surface area contributed by atoms with Crippen molar-refractivity contribution >= 4 is 39.0 Å². The third kappa shape index (κ3) is 2.21. The quantitative estimate of drug-likeness (QED) is 0.685. The number of rotatable bonds is 2. The summed E-state index contributed by atoms with van der Waals surface area (Å²) >= 11 is 9.07. The van der Waals surface area contributed by atoms with E-state index in [1.807, 2.05) is 0 Å². The van der Waals surface area contributed by atoms with Crippen molar-refractivity contribution in [3.8, 4) is 0 Å². The Labute approximate surface area is 111 Å². The molecule has 0 saturated heterocycles. The van der Waals surface area contributed by atoms with Gasteiger partial charge in [-0.2, -0.15) is 5.10 Å². The first-order valence-electron chi connectivity index (χ1n) is 4.78. The lowest BCUT2D eigenvalue weighted by Crippen LogP contribution is -2.11. The third-order valence-electron chi connectivity index (χ3n) is 2.37. The van der Waals surface area contributed by atoms with Crippen molar-refractivity contribution in [3.63, 3.8) is 0 Å². The summed E-state index contributed by atoms with van der Waals surface area (Å²) in [5, 5.41) is 4.49. The zero-order valence-electron chi connectivity index (χ0n) is 8.95. The minimum Gasteiger partial charge on any atom is -0.398 e. The van der Waals surface area contributed by atoms with Crippen LogP contribution in [-0.4, -0.2) is 15.6 Å². The van der Waals surface area contributed by atoms with Gasteiger partial charge >= 0.3 is 0 Å². The van der Waals surface area contributed by atoms with Crippen molar-refractivity contribution in [2.45, 2.75) is 0 Å². The first-order chi connectivity index (χ1) is 8.00. The van der Waals surface area contributed by atoms with Gasteiger partial charge in [0.15, 0.2) is 0 Å². The predicted octanol–water partition coefficient (Wildman–Crippen LogP) is 2.65. The molecule has 4 nitrogen and oxygen atoms in total. The van der Waals surface area contributed by atoms with Crippen molar-refractivity contribution in [1.82, 2.24) is 9.78 Å². The lowest BCUT2D eigenvalue weighted by molar-refractivity contribution is 0.103. The Bertz CT molecular complexity index is 575. The molecule has 0 atom stereocenters. The largest absolute Gasteiger partial charge is 0.398 e. The molecule has 2 rings (SSSR count). The highest BCUT2D eigenvalue weighted by molar-refractivity contribution is 9.10. The van der Waals surface area contributed by atoms with E-state index >= 15 is 0 Å². The summed E-state index contributed by atoms with van der Waals surface area (Å²) in [6, 6.07) is 4.80. The van der Waals surface area contributed by atoms with E-state index in [1.54, 1.807) is 31.4 Å². The molecule has 6 heteroatoms. The number of carbonyl (C=O) groups excluding carboxylic acids is 1. The van der Waals surface area contributed by atoms with Crippen molar-refractivity contribution in [2.75, 3.05) is 5.73 Å². The molecular weight excluding hydrogens is 305 g/mol. The number of benzene rings is 1. The molecule has 0 amide bonds. The number of nitrogen functional groups attached to an aromatic ring is 1. The van der Waals surface area contributed by atoms with E-state index in [4.69, 9.17) is 17.3 Å². The fourth-order valence-corrected chi connectivity index (χ4v) is 2.24. The zero-order chi connectivity index (χ0) is 12.6. The monoisotopic (exact) mass is 313 g/mol. The molecule has 0 aliphatic carbocycles. The highest BCUT2D eigenvalue weighted by Crippen LogP contribution is 2.24. The second-order valence-electron chi connectivity index (χ2n) is 3.53. The van der Waals surface area contributed by atoms with Crippen LogP contribution in [0.15, 0.2) is 28.9 Å². The van der Waals surface area contributed by atoms with Gasteiger partial charge in [-0.1, -0.05) is 11.6 Å². The molecule has 17 heavy (non-hydrogen) atoms. The van der Waals surface area contributed by atoms with E-state index in [9.17, 15) is 4.79 Å². The molecule has 2 aromatic rings. The maximum absolute atomic E-state index is 12.3. The summed E-state index contributed by atoms with van der Waals surface area (Å²) in [6.07, 6.45) is 1.57. The van der Waals surface area contributed by atoms with E-state index in [0.29, 0.717) is 26.4 Å². The number of anilines is 1. The number of ketones is 1. The number of hydrogen-bond acceptors (Lipinski definition) is 3. The molecule has 0 fully saturated rings. The van der Waals surface area contributed by atoms with Gasteiger partial charge in [0.1, 0.15) is 5.69 Å². The van der Waals surface area contributed by atoms with Crippen LogP contribution in [0.2, 0.25) is 5.02 Å². The van der Waals surface area contributed by atoms with Crippen LogP contribution in [0.4, 0.5) is 5.69 Å². The van der Waals surface area contributed by atoms with Gasteiger partial charge in [-0.15, -0.1) is 0 Å². The molecule has 0 radical (unpaired) electrons. The molecule has 0 aliphatic rings. The number of carbonyl (C=O) groups is 1. The van der Waals surface area contributed by atoms with Crippen LogP contribution in [0.5, 0.6) is 0 Å². The highest BCUT2D eigenvalue weighted by Gasteiger charge is 2.19. The van der Waals surface area contributed by atoms with E-state index in [0.717, 1.165) is 0 Å². The topological polar surface area (TPSA) is 60.9 Å². The van der Waals surface area contributed by atoms with Gasteiger partial charge in [0.2, 0.25) is 5.78 Å². The SMILES string of the molecule is Cn1ncc(Br)c1C(=O)c1ccc(Cl)cc1N. The maximum Gasteiger partial charge on any atom is 0.214 e. The van der Waals surface area contributed by atoms with E-state index in [1.165, 1.54) is 4.68 Å². The minimum absolute atomic E-state index is 0.189. The van der Waals surface area contributed by atoms with E-state index in [2.05, 4.69) is 21.0 Å². The standard InChI is InChI=1S/C11H9BrClN3O/c1-16-10(8(12)5-15-16)11(17)7-3-2-6(13)4-9(7)14/h2-5H,14H2,1H3. The fraction of sp³-hybridized carbons (Fsp3) is 0.0909. The van der Waals surface area contributed by atoms with Crippen LogP contribution in [0.3, 0.4) is 0 Å². The van der Waals surface area contributed by atoms with Gasteiger partial charge < -0.3 is 5.73 Å². The molecular formula is C11H9BrClN3O. The molecule has 2 N–H and O–H groups in total. The Morgan fingerprint density at radius 1 is 1.53 bits per heavy atom. The second kappa shape index (κ2) is 4.50. The average molecular weight is 315 g/mol. The van der Waals surface area contributed by atoms with E-state index in [-0.39, 0.29) is 5.78 Å². The molecule has 0 spiro atoms. The van der Waals surface area contributed by atoms with Gasteiger partial charge in [-0.05, 0) is 34.1 Å². The Morgan fingerprint density at radius 2 is 2.24 bits per heavy atom. The summed E-state index contributed by atoms with van der Waals surface area (Å²) in [6.45, 7) is 0. The first-order valence-corrected chi connectivity index (χ1v) is 5.95. The van der Waals surface area contributed by atoms with Gasteiger partial charge in [0.05, 0.1) is 10.7 Å². The van der Waals surface area contributed by atoms with Crippen LogP contribution in [0, 0.1) is 0 Å². The normalized spacial score (nSPS) is 10.5. The molecule has 1 aromatic carbocycles. The van der Waals surface area contributed by atoms with Crippen molar-refractivity contribution in [3.05, 3.63) is 45.1 Å². The molecule has 1 aromatic heterocycles. The fourth-order valence-electron chi connectivity index (χ4n) is 1.53. The maximum atomic E-state index is 12.3. The van der Waals surface area contributed by atoms with Crippen molar-refractivity contribution in [2.24, 2.45) is 7.05 Å². The van der Waals surface area contributed by atoms with Crippen LogP contribution < -0.4 is 5.73 Å². The highest BCUT2D eigenvalue weighted by atomic mass is 79.9. The average Bonchev–Trinajstić information content (AvgIpc) is 2.58. The number of nitrogens with zero attached hydrogens (tertiary/aromatic N) is 2. The lowest BCUT2D eigenvalue weighted by Gasteiger charge is -2.06. The van der Waals surface area contributed by atoms with Gasteiger partial charge in [0, 0.05) is 23.3 Å². The minimum atomic E-state index is -0.189. The zero-order valence-corrected chi connectivity index (χ0v) is 11.3. The predicted molar refractivity (Wildman–Crippen MR) is 70.2 cm³/mol. The number of hydrogen-bond donors (Lipinski definition) is 1. The van der Waals surface area contributed by atoms with Gasteiger partial charge in [-0.25, -0.2) is 0 Å². The van der Waals surface area contributed by atoms with E-state index < -0.39 is 0 Å². The Morgan fingerprint density at radius 3 is 2.76 bits per heavy atom. The summed E-state index contributed by atoms with van der Waals surface area (Å²) in [4.78, 5) is 12.3. The van der Waals surface area contributed by atoms with Gasteiger partial charge in [0.25, 0.3) is 0 Å². The Hall–Kier alpha value is -1.33. The third-order valence-corrected chi connectivity index (χ3v) is 3.18. The van der Waals surface area contributed by atoms with Crippen LogP contribution in [0.25, 0.3) is 0 Å². The van der Waals surface area contributed by atoms with Crippen LogP contribution in [-0.2, 0) is 7.05 Å². The molecule has 0 unspecified atom stereocenters. The summed E-state index contributed by atoms with van der Waals surface area (Å²) in [7, 11) is 1.70. The number of aromatic nitrogens is 2. The summed E-state index contributed by atoms with van der Waals surface area (Å²) < 4.78 is 2.14. The molecule has 1 heterocycles. The molecule has 0 bridgehead atoms. The molecule has 88 valence electrons. The smallest absolute Gasteiger partial charge is 0.214 e. The lowest BCUT2D eigenvalue weighted by atomic mass is 10.1. The Kier molecular flexibility index (Phi) is 3.22. The number of aryl methyl sites for hydroxylation is 1. The van der Waals surface area contributed by atoms with Crippen LogP contribution in [0.1, 0.15) is 16.1 Å². The van der Waals surface area contributed by atoms with Crippen molar-refractivity contribution < 1.29 is 4.79 Å². The molecule has 0 saturated carbocycles. The van der Waals surface area contributed by atoms with Crippen molar-refractivity contribution in [1.29, 1.82) is 0 Å². The second-order valence-corrected chi connectivity index (χ2v) is 4.82. The number of nitrogens with two attached hydrogens (primary N) is 1. The Balaban J connectivity index is 2.51.